The molecule has 2 rings (SSSR count). The van der Waals surface area contributed by atoms with E-state index < -0.39 is 0 Å². The Balaban J connectivity index is 2.07. The fourth-order valence-corrected chi connectivity index (χ4v) is 1.45. The number of hydrogen-bond acceptors (Lipinski definition) is 4. The molecular weight excluding hydrogens is 192 g/mol. The lowest BCUT2D eigenvalue weighted by atomic mass is 10.0. The van der Waals surface area contributed by atoms with Crippen molar-refractivity contribution in [3.8, 4) is 6.07 Å². The molecule has 1 saturated heterocycles. The molecule has 1 fully saturated rings. The molecule has 1 aromatic rings. The van der Waals surface area contributed by atoms with Crippen LogP contribution in [0, 0.1) is 17.2 Å². The summed E-state index contributed by atoms with van der Waals surface area (Å²) in [5, 5.41) is 8.58. The zero-order valence-corrected chi connectivity index (χ0v) is 8.05. The van der Waals surface area contributed by atoms with E-state index in [4.69, 9.17) is 11.0 Å². The van der Waals surface area contributed by atoms with Gasteiger partial charge in [-0.2, -0.15) is 5.26 Å². The Bertz CT molecular complexity index is 431. The minimum absolute atomic E-state index is 0.0324. The van der Waals surface area contributed by atoms with Crippen molar-refractivity contribution in [1.82, 2.24) is 9.88 Å². The van der Waals surface area contributed by atoms with Gasteiger partial charge in [-0.05, 0) is 12.1 Å². The van der Waals surface area contributed by atoms with Crippen molar-refractivity contribution < 1.29 is 4.79 Å². The summed E-state index contributed by atoms with van der Waals surface area (Å²) in [5.74, 6) is -0.191. The number of nitriles is 1. The molecule has 76 valence electrons. The predicted octanol–water partition coefficient (Wildman–Crippen LogP) is 0.259. The van der Waals surface area contributed by atoms with Crippen molar-refractivity contribution in [2.45, 2.75) is 0 Å². The first-order chi connectivity index (χ1) is 7.20. The van der Waals surface area contributed by atoms with Gasteiger partial charge in [0.05, 0.1) is 12.0 Å². The molecule has 0 aliphatic carbocycles. The Morgan fingerprint density at radius 2 is 2.40 bits per heavy atom. The lowest BCUT2D eigenvalue weighted by molar-refractivity contribution is 0.0571. The Labute approximate surface area is 87.1 Å². The Hall–Kier alpha value is -2.09. The molecule has 1 aliphatic rings. The van der Waals surface area contributed by atoms with E-state index in [2.05, 4.69) is 11.1 Å². The van der Waals surface area contributed by atoms with Gasteiger partial charge in [-0.1, -0.05) is 0 Å². The molecule has 0 aromatic carbocycles. The number of rotatable bonds is 1. The van der Waals surface area contributed by atoms with Crippen LogP contribution in [0.4, 0.5) is 5.69 Å². The monoisotopic (exact) mass is 202 g/mol. The first kappa shape index (κ1) is 9.46. The Morgan fingerprint density at radius 1 is 1.67 bits per heavy atom. The fourth-order valence-electron chi connectivity index (χ4n) is 1.45. The summed E-state index contributed by atoms with van der Waals surface area (Å²) in [5.41, 5.74) is 6.40. The van der Waals surface area contributed by atoms with Crippen LogP contribution in [0.3, 0.4) is 0 Å². The van der Waals surface area contributed by atoms with Gasteiger partial charge >= 0.3 is 0 Å². The van der Waals surface area contributed by atoms with Gasteiger partial charge in [0, 0.05) is 25.0 Å². The maximum Gasteiger partial charge on any atom is 0.272 e. The van der Waals surface area contributed by atoms with Crippen LogP contribution in [0.2, 0.25) is 0 Å². The summed E-state index contributed by atoms with van der Waals surface area (Å²) >= 11 is 0. The summed E-state index contributed by atoms with van der Waals surface area (Å²) in [6.07, 6.45) is 1.50. The van der Waals surface area contributed by atoms with Gasteiger partial charge in [-0.3, -0.25) is 9.78 Å². The molecular formula is C10H10N4O. The van der Waals surface area contributed by atoms with E-state index in [0.29, 0.717) is 24.5 Å². The Kier molecular flexibility index (Phi) is 2.26. The lowest BCUT2D eigenvalue weighted by Crippen LogP contribution is -2.49. The molecule has 1 amide bonds. The number of nitrogens with zero attached hydrogens (tertiary/aromatic N) is 3. The zero-order valence-electron chi connectivity index (χ0n) is 8.05. The fraction of sp³-hybridized carbons (Fsp3) is 0.300. The highest BCUT2D eigenvalue weighted by atomic mass is 16.2. The molecule has 2 N–H and O–H groups in total. The molecule has 0 saturated carbocycles. The number of anilines is 1. The van der Waals surface area contributed by atoms with Gasteiger partial charge in [0.25, 0.3) is 5.91 Å². The maximum atomic E-state index is 11.7. The van der Waals surface area contributed by atoms with Gasteiger partial charge < -0.3 is 10.6 Å². The standard InChI is InChI=1S/C10H10N4O/c11-4-7-5-14(6-7)10(15)9-3-8(12)1-2-13-9/h1-3,7H,5-6H2,(H2,12,13). The normalized spacial score (nSPS) is 15.5. The van der Waals surface area contributed by atoms with Gasteiger partial charge in [-0.25, -0.2) is 0 Å². The van der Waals surface area contributed by atoms with Gasteiger partial charge in [0.1, 0.15) is 5.69 Å². The molecule has 0 unspecified atom stereocenters. The molecule has 0 spiro atoms. The van der Waals surface area contributed by atoms with Crippen LogP contribution in [0.15, 0.2) is 18.3 Å². The average molecular weight is 202 g/mol. The highest BCUT2D eigenvalue weighted by Crippen LogP contribution is 2.17. The Morgan fingerprint density at radius 3 is 3.00 bits per heavy atom. The number of nitrogens with two attached hydrogens (primary N) is 1. The first-order valence-corrected chi connectivity index (χ1v) is 4.61. The smallest absolute Gasteiger partial charge is 0.272 e. The average Bonchev–Trinajstić information content (AvgIpc) is 2.16. The lowest BCUT2D eigenvalue weighted by Gasteiger charge is -2.34. The molecule has 15 heavy (non-hydrogen) atoms. The number of likely N-dealkylation sites (tertiary alicyclic amines) is 1. The van der Waals surface area contributed by atoms with Crippen LogP contribution in [0.1, 0.15) is 10.5 Å². The maximum absolute atomic E-state index is 11.7. The summed E-state index contributed by atoms with van der Waals surface area (Å²) in [6.45, 7) is 0.984. The highest BCUT2D eigenvalue weighted by molar-refractivity contribution is 5.93. The number of pyridine rings is 1. The number of aromatic nitrogens is 1. The topological polar surface area (TPSA) is 83.0 Å². The van der Waals surface area contributed by atoms with E-state index in [9.17, 15) is 4.79 Å². The summed E-state index contributed by atoms with van der Waals surface area (Å²) in [4.78, 5) is 17.3. The molecule has 0 atom stereocenters. The van der Waals surface area contributed by atoms with Crippen LogP contribution in [-0.4, -0.2) is 28.9 Å². The largest absolute Gasteiger partial charge is 0.399 e. The molecule has 1 aromatic heterocycles. The van der Waals surface area contributed by atoms with Crippen molar-refractivity contribution in [2.24, 2.45) is 5.92 Å². The van der Waals surface area contributed by atoms with E-state index in [-0.39, 0.29) is 11.8 Å². The predicted molar refractivity (Wildman–Crippen MR) is 53.7 cm³/mol. The van der Waals surface area contributed by atoms with Gasteiger partial charge in [-0.15, -0.1) is 0 Å². The molecule has 1 aliphatic heterocycles. The third kappa shape index (κ3) is 1.74. The summed E-state index contributed by atoms with van der Waals surface area (Å²) in [7, 11) is 0. The minimum atomic E-state index is -0.159. The second-order valence-electron chi connectivity index (χ2n) is 3.51. The third-order valence-corrected chi connectivity index (χ3v) is 2.35. The van der Waals surface area contributed by atoms with E-state index in [1.807, 2.05) is 0 Å². The van der Waals surface area contributed by atoms with Crippen molar-refractivity contribution in [2.75, 3.05) is 18.8 Å². The quantitative estimate of drug-likeness (QED) is 0.708. The number of carbonyl (C=O) groups excluding carboxylic acids is 1. The molecule has 0 radical (unpaired) electrons. The third-order valence-electron chi connectivity index (χ3n) is 2.35. The second-order valence-corrected chi connectivity index (χ2v) is 3.51. The number of carbonyl (C=O) groups is 1. The zero-order chi connectivity index (χ0) is 10.8. The summed E-state index contributed by atoms with van der Waals surface area (Å²) in [6, 6.07) is 5.28. The van der Waals surface area contributed by atoms with Crippen molar-refractivity contribution >= 4 is 11.6 Å². The molecule has 5 nitrogen and oxygen atoms in total. The highest BCUT2D eigenvalue weighted by Gasteiger charge is 2.31. The van der Waals surface area contributed by atoms with Gasteiger partial charge in [0.2, 0.25) is 0 Å². The minimum Gasteiger partial charge on any atom is -0.399 e. The second kappa shape index (κ2) is 3.58. The molecule has 2 heterocycles. The summed E-state index contributed by atoms with van der Waals surface area (Å²) < 4.78 is 0. The first-order valence-electron chi connectivity index (χ1n) is 4.61. The van der Waals surface area contributed by atoms with Crippen LogP contribution in [-0.2, 0) is 0 Å². The number of nitrogen functional groups attached to an aromatic ring is 1. The van der Waals surface area contributed by atoms with Crippen LogP contribution in [0.25, 0.3) is 0 Å². The van der Waals surface area contributed by atoms with Gasteiger partial charge in [0.15, 0.2) is 0 Å². The van der Waals surface area contributed by atoms with Crippen LogP contribution >= 0.6 is 0 Å². The van der Waals surface area contributed by atoms with Crippen LogP contribution < -0.4 is 5.73 Å². The van der Waals surface area contributed by atoms with E-state index in [1.54, 1.807) is 17.0 Å². The van der Waals surface area contributed by atoms with E-state index in [0.717, 1.165) is 0 Å². The number of amides is 1. The SMILES string of the molecule is N#CC1CN(C(=O)c2cc(N)ccn2)C1. The van der Waals surface area contributed by atoms with Crippen molar-refractivity contribution in [1.29, 1.82) is 5.26 Å². The number of hydrogen-bond donors (Lipinski definition) is 1. The van der Waals surface area contributed by atoms with Crippen molar-refractivity contribution in [3.05, 3.63) is 24.0 Å². The van der Waals surface area contributed by atoms with E-state index >= 15 is 0 Å². The molecule has 0 bridgehead atoms. The van der Waals surface area contributed by atoms with E-state index in [1.165, 1.54) is 6.20 Å². The van der Waals surface area contributed by atoms with Crippen molar-refractivity contribution in [3.63, 3.8) is 0 Å². The molecule has 5 heteroatoms. The van der Waals surface area contributed by atoms with Crippen LogP contribution in [0.5, 0.6) is 0 Å².